The Hall–Kier alpha value is -4.74. The van der Waals surface area contributed by atoms with Crippen molar-refractivity contribution in [3.8, 4) is 16.9 Å². The van der Waals surface area contributed by atoms with Gasteiger partial charge in [0.2, 0.25) is 0 Å². The van der Waals surface area contributed by atoms with E-state index in [9.17, 15) is 23.1 Å². The molecule has 0 unspecified atom stereocenters. The molecule has 0 saturated heterocycles. The number of fused-ring (bicyclic) bond motifs is 1. The topological polar surface area (TPSA) is 180 Å². The molecular weight excluding hydrogens is 510 g/mol. The minimum absolute atomic E-state index is 0.0626. The summed E-state index contributed by atoms with van der Waals surface area (Å²) in [7, 11) is -2.10. The van der Waals surface area contributed by atoms with Crippen LogP contribution in [0.4, 0.5) is 5.69 Å². The van der Waals surface area contributed by atoms with Gasteiger partial charge in [-0.3, -0.25) is 14.8 Å². The first-order valence-corrected chi connectivity index (χ1v) is 12.8. The molecule has 4 aromatic rings. The number of amidine groups is 1. The molecule has 0 aliphatic rings. The summed E-state index contributed by atoms with van der Waals surface area (Å²) in [6.07, 6.45) is 0.715. The summed E-state index contributed by atoms with van der Waals surface area (Å²) in [6, 6.07) is 22.2. The van der Waals surface area contributed by atoms with E-state index in [0.717, 1.165) is 10.8 Å². The minimum atomic E-state index is -3.67. The number of hydrogen-bond donors (Lipinski definition) is 5. The SMILES string of the molecule is COc1ccc2cc(C(=O)O)c(-c3ccccc3C(=O)Nc3ccc(C(=N)N)cc3)cc2c1.CS(=O)(=O)O. The van der Waals surface area contributed by atoms with Gasteiger partial charge in [0, 0.05) is 16.8 Å². The van der Waals surface area contributed by atoms with Crippen molar-refractivity contribution in [2.45, 2.75) is 0 Å². The number of anilines is 1. The molecule has 1 amide bonds. The summed E-state index contributed by atoms with van der Waals surface area (Å²) in [4.78, 5) is 25.2. The molecule has 0 aliphatic carbocycles. The van der Waals surface area contributed by atoms with E-state index >= 15 is 0 Å². The zero-order chi connectivity index (χ0) is 28.0. The van der Waals surface area contributed by atoms with E-state index in [2.05, 4.69) is 5.32 Å². The Balaban J connectivity index is 0.000000732. The normalized spacial score (nSPS) is 10.7. The first-order valence-electron chi connectivity index (χ1n) is 11.0. The molecule has 196 valence electrons. The molecule has 11 heteroatoms. The highest BCUT2D eigenvalue weighted by atomic mass is 32.2. The maximum atomic E-state index is 13.1. The summed E-state index contributed by atoms with van der Waals surface area (Å²) >= 11 is 0. The summed E-state index contributed by atoms with van der Waals surface area (Å²) in [5.41, 5.74) is 7.91. The Bertz CT molecular complexity index is 1620. The average Bonchev–Trinajstić information content (AvgIpc) is 2.86. The van der Waals surface area contributed by atoms with E-state index in [4.69, 9.17) is 20.4 Å². The van der Waals surface area contributed by atoms with Gasteiger partial charge in [0.25, 0.3) is 16.0 Å². The number of nitrogens with one attached hydrogen (secondary N) is 2. The first kappa shape index (κ1) is 27.8. The highest BCUT2D eigenvalue weighted by Crippen LogP contribution is 2.33. The zero-order valence-electron chi connectivity index (χ0n) is 20.4. The van der Waals surface area contributed by atoms with Crippen LogP contribution in [0.25, 0.3) is 21.9 Å². The quantitative estimate of drug-likeness (QED) is 0.138. The van der Waals surface area contributed by atoms with Gasteiger partial charge in [-0.2, -0.15) is 8.42 Å². The summed E-state index contributed by atoms with van der Waals surface area (Å²) in [5.74, 6) is -0.884. The number of benzene rings is 4. The molecule has 0 heterocycles. The van der Waals surface area contributed by atoms with Crippen molar-refractivity contribution in [3.63, 3.8) is 0 Å². The van der Waals surface area contributed by atoms with Gasteiger partial charge in [0.05, 0.1) is 18.9 Å². The van der Waals surface area contributed by atoms with Crippen LogP contribution < -0.4 is 15.8 Å². The lowest BCUT2D eigenvalue weighted by Crippen LogP contribution is -2.14. The number of methoxy groups -OCH3 is 1. The largest absolute Gasteiger partial charge is 0.497 e. The van der Waals surface area contributed by atoms with E-state index in [1.54, 1.807) is 79.9 Å². The van der Waals surface area contributed by atoms with Crippen LogP contribution in [0, 0.1) is 5.41 Å². The van der Waals surface area contributed by atoms with Gasteiger partial charge in [-0.1, -0.05) is 24.3 Å². The fraction of sp³-hybridized carbons (Fsp3) is 0.0741. The van der Waals surface area contributed by atoms with Gasteiger partial charge in [0.1, 0.15) is 11.6 Å². The van der Waals surface area contributed by atoms with Crippen LogP contribution in [0.3, 0.4) is 0 Å². The molecule has 6 N–H and O–H groups in total. The number of carboxylic acid groups (broad SMARTS) is 1. The van der Waals surface area contributed by atoms with E-state index in [0.29, 0.717) is 39.9 Å². The lowest BCUT2D eigenvalue weighted by Gasteiger charge is -2.14. The standard InChI is InChI=1S/C26H21N3O4.CH4O3S/c1-33-19-11-8-16-13-23(26(31)32)22(14-17(16)12-19)20-4-2-3-5-21(20)25(30)29-18-9-6-15(7-10-18)24(27)28;1-5(2,3)4/h2-14H,1H3,(H3,27,28)(H,29,30)(H,31,32);1H3,(H,2,3,4). The smallest absolute Gasteiger partial charge is 0.336 e. The van der Waals surface area contributed by atoms with Crippen LogP contribution in [0.2, 0.25) is 0 Å². The fourth-order valence-corrected chi connectivity index (χ4v) is 3.65. The second-order valence-electron chi connectivity index (χ2n) is 8.14. The summed E-state index contributed by atoms with van der Waals surface area (Å²) in [6.45, 7) is 0. The van der Waals surface area contributed by atoms with Crippen molar-refractivity contribution >= 4 is 44.3 Å². The minimum Gasteiger partial charge on any atom is -0.497 e. The maximum Gasteiger partial charge on any atom is 0.336 e. The molecular formula is C27H25N3O7S. The Kier molecular flexibility index (Phi) is 8.46. The van der Waals surface area contributed by atoms with Crippen molar-refractivity contribution in [2.75, 3.05) is 18.7 Å². The average molecular weight is 536 g/mol. The number of carboxylic acids is 1. The van der Waals surface area contributed by atoms with Crippen molar-refractivity contribution in [1.29, 1.82) is 5.41 Å². The summed E-state index contributed by atoms with van der Waals surface area (Å²) in [5, 5.41) is 21.7. The zero-order valence-corrected chi connectivity index (χ0v) is 21.2. The van der Waals surface area contributed by atoms with Crippen LogP contribution in [-0.4, -0.2) is 49.2 Å². The van der Waals surface area contributed by atoms with Crippen molar-refractivity contribution in [1.82, 2.24) is 0 Å². The number of hydrogen-bond acceptors (Lipinski definition) is 6. The molecule has 38 heavy (non-hydrogen) atoms. The van der Waals surface area contributed by atoms with E-state index in [1.807, 2.05) is 6.07 Å². The first-order chi connectivity index (χ1) is 17.9. The third kappa shape index (κ3) is 7.15. The van der Waals surface area contributed by atoms with E-state index < -0.39 is 16.1 Å². The number of nitrogens with two attached hydrogens (primary N) is 1. The number of rotatable bonds is 6. The monoisotopic (exact) mass is 535 g/mol. The highest BCUT2D eigenvalue weighted by molar-refractivity contribution is 7.85. The molecule has 10 nitrogen and oxygen atoms in total. The van der Waals surface area contributed by atoms with Crippen LogP contribution in [0.5, 0.6) is 5.75 Å². The Morgan fingerprint density at radius 3 is 2.11 bits per heavy atom. The third-order valence-electron chi connectivity index (χ3n) is 5.33. The Morgan fingerprint density at radius 2 is 1.53 bits per heavy atom. The van der Waals surface area contributed by atoms with Crippen molar-refractivity contribution in [3.05, 3.63) is 95.6 Å². The number of carbonyl (C=O) groups excluding carboxylic acids is 1. The summed E-state index contributed by atoms with van der Waals surface area (Å²) < 4.78 is 31.2. The fourth-order valence-electron chi connectivity index (χ4n) is 3.65. The molecule has 0 aliphatic heterocycles. The molecule has 0 atom stereocenters. The number of aromatic carboxylic acids is 1. The van der Waals surface area contributed by atoms with Gasteiger partial charge >= 0.3 is 5.97 Å². The molecule has 4 rings (SSSR count). The third-order valence-corrected chi connectivity index (χ3v) is 5.33. The molecule has 4 aromatic carbocycles. The van der Waals surface area contributed by atoms with E-state index in [-0.39, 0.29) is 17.3 Å². The second kappa shape index (κ2) is 11.5. The molecule has 0 spiro atoms. The molecule has 0 saturated carbocycles. The lowest BCUT2D eigenvalue weighted by molar-refractivity contribution is 0.0697. The van der Waals surface area contributed by atoms with Crippen LogP contribution >= 0.6 is 0 Å². The number of amides is 1. The second-order valence-corrected chi connectivity index (χ2v) is 9.61. The maximum absolute atomic E-state index is 13.1. The van der Waals surface area contributed by atoms with Crippen LogP contribution in [0.15, 0.2) is 78.9 Å². The predicted molar refractivity (Wildman–Crippen MR) is 146 cm³/mol. The van der Waals surface area contributed by atoms with Crippen molar-refractivity contribution < 1.29 is 32.4 Å². The predicted octanol–water partition coefficient (Wildman–Crippen LogP) is 4.25. The molecule has 0 radical (unpaired) electrons. The molecule has 0 fully saturated rings. The molecule has 0 bridgehead atoms. The van der Waals surface area contributed by atoms with Gasteiger partial charge in [-0.25, -0.2) is 4.79 Å². The number of nitrogen functional groups attached to an aromatic ring is 1. The number of ether oxygens (including phenoxy) is 1. The highest BCUT2D eigenvalue weighted by Gasteiger charge is 2.19. The van der Waals surface area contributed by atoms with Gasteiger partial charge < -0.3 is 20.9 Å². The van der Waals surface area contributed by atoms with Gasteiger partial charge in [-0.15, -0.1) is 0 Å². The number of carbonyl (C=O) groups is 2. The van der Waals surface area contributed by atoms with Crippen LogP contribution in [0.1, 0.15) is 26.3 Å². The Morgan fingerprint density at radius 1 is 0.895 bits per heavy atom. The lowest BCUT2D eigenvalue weighted by atomic mass is 9.92. The van der Waals surface area contributed by atoms with Gasteiger partial charge in [0.15, 0.2) is 0 Å². The van der Waals surface area contributed by atoms with E-state index in [1.165, 1.54) is 0 Å². The van der Waals surface area contributed by atoms with Gasteiger partial charge in [-0.05, 0) is 76.5 Å². The van der Waals surface area contributed by atoms with Crippen molar-refractivity contribution in [2.24, 2.45) is 5.73 Å². The molecule has 0 aromatic heterocycles. The Labute approximate surface area is 218 Å². The van der Waals surface area contributed by atoms with Crippen LogP contribution in [-0.2, 0) is 10.1 Å².